The topological polar surface area (TPSA) is 50.1 Å². The van der Waals surface area contributed by atoms with Crippen molar-refractivity contribution in [1.82, 2.24) is 0 Å². The van der Waals surface area contributed by atoms with Crippen molar-refractivity contribution in [3.05, 3.63) is 48.2 Å². The average molecular weight is 173 g/mol. The Labute approximate surface area is 75.9 Å². The summed E-state index contributed by atoms with van der Waals surface area (Å²) >= 11 is 0. The van der Waals surface area contributed by atoms with E-state index in [9.17, 15) is 4.79 Å². The molecule has 0 atom stereocenters. The Balaban J connectivity index is 2.61. The molecule has 0 bridgehead atoms. The van der Waals surface area contributed by atoms with Crippen molar-refractivity contribution in [2.45, 2.75) is 0 Å². The predicted molar refractivity (Wildman–Crippen MR) is 46.6 cm³/mol. The molecule has 0 amide bonds. The molecular weight excluding hydrogens is 166 g/mol. The summed E-state index contributed by atoms with van der Waals surface area (Å²) in [6, 6.07) is 10.3. The Bertz CT molecular complexity index is 349. The minimum Gasteiger partial charge on any atom is -0.430 e. The molecule has 1 aromatic carbocycles. The lowest BCUT2D eigenvalue weighted by Crippen LogP contribution is -1.99. The monoisotopic (exact) mass is 173 g/mol. The van der Waals surface area contributed by atoms with Crippen LogP contribution in [0.25, 0.3) is 0 Å². The first-order valence-corrected chi connectivity index (χ1v) is 3.65. The van der Waals surface area contributed by atoms with Gasteiger partial charge in [0.2, 0.25) is 0 Å². The van der Waals surface area contributed by atoms with Gasteiger partial charge in [-0.25, -0.2) is 4.79 Å². The molecule has 3 nitrogen and oxygen atoms in total. The smallest absolute Gasteiger partial charge is 0.342 e. The summed E-state index contributed by atoms with van der Waals surface area (Å²) in [5.74, 6) is -0.466. The summed E-state index contributed by atoms with van der Waals surface area (Å²) in [5.41, 5.74) is 0.463. The maximum atomic E-state index is 11.1. The zero-order valence-corrected chi connectivity index (χ0v) is 6.81. The maximum absolute atomic E-state index is 11.1. The van der Waals surface area contributed by atoms with Crippen molar-refractivity contribution < 1.29 is 9.53 Å². The molecule has 0 radical (unpaired) electrons. The number of nitrogens with zero attached hydrogens (tertiary/aromatic N) is 1. The van der Waals surface area contributed by atoms with E-state index < -0.39 is 5.97 Å². The Morgan fingerprint density at radius 1 is 1.38 bits per heavy atom. The van der Waals surface area contributed by atoms with Gasteiger partial charge in [-0.05, 0) is 12.1 Å². The molecule has 0 aliphatic heterocycles. The second-order valence-electron chi connectivity index (χ2n) is 2.20. The molecule has 1 rings (SSSR count). The van der Waals surface area contributed by atoms with Gasteiger partial charge < -0.3 is 4.74 Å². The van der Waals surface area contributed by atoms with E-state index in [2.05, 4.69) is 4.74 Å². The molecular formula is C10H7NO2. The highest BCUT2D eigenvalue weighted by Gasteiger charge is 2.02. The van der Waals surface area contributed by atoms with Crippen LogP contribution in [-0.4, -0.2) is 5.97 Å². The fourth-order valence-corrected chi connectivity index (χ4v) is 0.769. The van der Waals surface area contributed by atoms with Crippen molar-refractivity contribution in [3.8, 4) is 6.07 Å². The normalized spacial score (nSPS) is 9.46. The van der Waals surface area contributed by atoms with Crippen molar-refractivity contribution >= 4 is 5.97 Å². The van der Waals surface area contributed by atoms with Crippen LogP contribution >= 0.6 is 0 Å². The molecule has 0 spiro atoms. The number of carbonyl (C=O) groups is 1. The number of allylic oxidation sites excluding steroid dienone is 1. The number of esters is 1. The van der Waals surface area contributed by atoms with Crippen molar-refractivity contribution in [2.75, 3.05) is 0 Å². The molecule has 13 heavy (non-hydrogen) atoms. The van der Waals surface area contributed by atoms with Gasteiger partial charge in [-0.2, -0.15) is 5.26 Å². The van der Waals surface area contributed by atoms with Crippen LogP contribution in [0.4, 0.5) is 0 Å². The molecule has 0 N–H and O–H groups in total. The van der Waals surface area contributed by atoms with E-state index in [-0.39, 0.29) is 0 Å². The lowest BCUT2D eigenvalue weighted by molar-refractivity contribution is 0.0663. The van der Waals surface area contributed by atoms with Gasteiger partial charge in [-0.1, -0.05) is 18.2 Å². The molecule has 0 saturated heterocycles. The Morgan fingerprint density at radius 2 is 2.08 bits per heavy atom. The zero-order valence-electron chi connectivity index (χ0n) is 6.81. The number of rotatable bonds is 2. The van der Waals surface area contributed by atoms with Gasteiger partial charge >= 0.3 is 5.97 Å². The van der Waals surface area contributed by atoms with Gasteiger partial charge in [0, 0.05) is 0 Å². The molecule has 0 aliphatic carbocycles. The molecule has 0 aromatic heterocycles. The Kier molecular flexibility index (Phi) is 3.28. The lowest BCUT2D eigenvalue weighted by atomic mass is 10.2. The SMILES string of the molecule is N#C/C=C/OC(=O)c1ccccc1. The fourth-order valence-electron chi connectivity index (χ4n) is 0.769. The zero-order chi connectivity index (χ0) is 9.52. The van der Waals surface area contributed by atoms with Crippen LogP contribution in [0.2, 0.25) is 0 Å². The Morgan fingerprint density at radius 3 is 2.69 bits per heavy atom. The van der Waals surface area contributed by atoms with Gasteiger partial charge in [-0.15, -0.1) is 0 Å². The van der Waals surface area contributed by atoms with Crippen LogP contribution in [-0.2, 0) is 4.74 Å². The molecule has 64 valence electrons. The number of benzene rings is 1. The largest absolute Gasteiger partial charge is 0.430 e. The highest BCUT2D eigenvalue weighted by atomic mass is 16.5. The predicted octanol–water partition coefficient (Wildman–Crippen LogP) is 1.88. The standard InChI is InChI=1S/C10H7NO2/c11-7-4-8-13-10(12)9-5-2-1-3-6-9/h1-6,8H/b8-4+. The summed E-state index contributed by atoms with van der Waals surface area (Å²) in [7, 11) is 0. The van der Waals surface area contributed by atoms with E-state index in [1.54, 1.807) is 30.3 Å². The Hall–Kier alpha value is -2.08. The third-order valence-electron chi connectivity index (χ3n) is 1.33. The third-order valence-corrected chi connectivity index (χ3v) is 1.33. The first-order chi connectivity index (χ1) is 6.34. The van der Waals surface area contributed by atoms with Crippen molar-refractivity contribution in [1.29, 1.82) is 5.26 Å². The van der Waals surface area contributed by atoms with Gasteiger partial charge in [0.15, 0.2) is 0 Å². The van der Waals surface area contributed by atoms with Crippen LogP contribution in [0.5, 0.6) is 0 Å². The van der Waals surface area contributed by atoms with Gasteiger partial charge in [0.25, 0.3) is 0 Å². The summed E-state index contributed by atoms with van der Waals surface area (Å²) in [6.07, 6.45) is 2.16. The average Bonchev–Trinajstić information content (AvgIpc) is 2.19. The summed E-state index contributed by atoms with van der Waals surface area (Å²) < 4.78 is 4.63. The minimum atomic E-state index is -0.466. The fraction of sp³-hybridized carbons (Fsp3) is 0. The molecule has 0 aliphatic rings. The van der Waals surface area contributed by atoms with Gasteiger partial charge in [0.05, 0.1) is 17.7 Å². The number of hydrogen-bond acceptors (Lipinski definition) is 3. The summed E-state index contributed by atoms with van der Waals surface area (Å²) in [5, 5.41) is 8.12. The first-order valence-electron chi connectivity index (χ1n) is 3.65. The maximum Gasteiger partial charge on any atom is 0.342 e. The second-order valence-corrected chi connectivity index (χ2v) is 2.20. The highest BCUT2D eigenvalue weighted by Crippen LogP contribution is 2.00. The number of carbonyl (C=O) groups excluding carboxylic acids is 1. The van der Waals surface area contributed by atoms with Crippen molar-refractivity contribution in [2.24, 2.45) is 0 Å². The van der Waals surface area contributed by atoms with E-state index >= 15 is 0 Å². The van der Waals surface area contributed by atoms with E-state index in [0.29, 0.717) is 5.56 Å². The minimum absolute atomic E-state index is 0.463. The van der Waals surface area contributed by atoms with Crippen LogP contribution in [0, 0.1) is 11.3 Å². The van der Waals surface area contributed by atoms with Crippen LogP contribution < -0.4 is 0 Å². The van der Waals surface area contributed by atoms with E-state index in [4.69, 9.17) is 5.26 Å². The summed E-state index contributed by atoms with van der Waals surface area (Å²) in [6.45, 7) is 0. The molecule has 0 fully saturated rings. The molecule has 0 unspecified atom stereocenters. The van der Waals surface area contributed by atoms with Gasteiger partial charge in [0.1, 0.15) is 6.26 Å². The van der Waals surface area contributed by atoms with Crippen LogP contribution in [0.3, 0.4) is 0 Å². The van der Waals surface area contributed by atoms with E-state index in [0.717, 1.165) is 12.3 Å². The highest BCUT2D eigenvalue weighted by molar-refractivity contribution is 5.89. The third kappa shape index (κ3) is 2.80. The van der Waals surface area contributed by atoms with E-state index in [1.807, 2.05) is 6.07 Å². The van der Waals surface area contributed by atoms with Gasteiger partial charge in [-0.3, -0.25) is 0 Å². The molecule has 0 saturated carbocycles. The summed E-state index contributed by atoms with van der Waals surface area (Å²) in [4.78, 5) is 11.1. The number of hydrogen-bond donors (Lipinski definition) is 0. The number of nitriles is 1. The second kappa shape index (κ2) is 4.73. The molecule has 0 heterocycles. The van der Waals surface area contributed by atoms with Crippen LogP contribution in [0.1, 0.15) is 10.4 Å². The van der Waals surface area contributed by atoms with Crippen molar-refractivity contribution in [3.63, 3.8) is 0 Å². The van der Waals surface area contributed by atoms with Crippen LogP contribution in [0.15, 0.2) is 42.7 Å². The molecule has 3 heteroatoms. The quantitative estimate of drug-likeness (QED) is 0.389. The molecule has 1 aromatic rings. The first kappa shape index (κ1) is 9.01. The number of ether oxygens (including phenoxy) is 1. The lowest BCUT2D eigenvalue weighted by Gasteiger charge is -1.96. The van der Waals surface area contributed by atoms with E-state index in [1.165, 1.54) is 0 Å².